The minimum Gasteiger partial charge on any atom is -0.507 e. The molecular weight excluding hydrogens is 274 g/mol. The van der Waals surface area contributed by atoms with E-state index in [2.05, 4.69) is 12.2 Å². The number of rotatable bonds is 4. The molecule has 1 aliphatic carbocycles. The Morgan fingerprint density at radius 3 is 2.60 bits per heavy atom. The number of amides is 1. The number of nitrogens with one attached hydrogen (secondary N) is 1. The topological polar surface area (TPSA) is 49.3 Å². The molecule has 0 atom stereocenters. The van der Waals surface area contributed by atoms with Gasteiger partial charge in [-0.25, -0.2) is 0 Å². The number of aromatic hydroxyl groups is 1. The number of phenolic OH excluding ortho intramolecular Hbond substituents is 1. The van der Waals surface area contributed by atoms with Crippen molar-refractivity contribution in [2.45, 2.75) is 39.0 Å². The summed E-state index contributed by atoms with van der Waals surface area (Å²) in [5, 5.41) is 13.1. The molecule has 1 fully saturated rings. The molecule has 0 spiro atoms. The van der Waals surface area contributed by atoms with Gasteiger partial charge in [-0.1, -0.05) is 37.8 Å². The van der Waals surface area contributed by atoms with E-state index in [0.29, 0.717) is 17.5 Å². The van der Waals surface area contributed by atoms with Gasteiger partial charge in [0, 0.05) is 11.6 Å². The average Bonchev–Trinajstić information content (AvgIpc) is 2.47. The second kappa shape index (κ2) is 6.98. The van der Waals surface area contributed by atoms with E-state index in [9.17, 15) is 9.90 Å². The third-order valence-electron chi connectivity index (χ3n) is 4.30. The lowest BCUT2D eigenvalue weighted by Crippen LogP contribution is -2.31. The van der Waals surface area contributed by atoms with E-state index < -0.39 is 0 Å². The summed E-state index contributed by atoms with van der Waals surface area (Å²) >= 11 is 5.85. The number of carbonyl (C=O) groups excluding carboxylic acids is 1. The van der Waals surface area contributed by atoms with E-state index in [-0.39, 0.29) is 17.2 Å². The van der Waals surface area contributed by atoms with Crippen LogP contribution in [0.1, 0.15) is 49.4 Å². The van der Waals surface area contributed by atoms with Crippen LogP contribution in [0.15, 0.2) is 18.2 Å². The number of hydrogen-bond acceptors (Lipinski definition) is 2. The maximum Gasteiger partial charge on any atom is 0.255 e. The molecule has 0 heterocycles. The van der Waals surface area contributed by atoms with E-state index >= 15 is 0 Å². The van der Waals surface area contributed by atoms with Crippen molar-refractivity contribution in [3.8, 4) is 5.75 Å². The first-order valence-corrected chi connectivity index (χ1v) is 7.74. The number of carbonyl (C=O) groups is 1. The van der Waals surface area contributed by atoms with Crippen LogP contribution >= 0.6 is 11.6 Å². The summed E-state index contributed by atoms with van der Waals surface area (Å²) < 4.78 is 0. The molecule has 2 rings (SSSR count). The molecule has 1 saturated carbocycles. The molecule has 2 N–H and O–H groups in total. The minimum atomic E-state index is -0.248. The van der Waals surface area contributed by atoms with Crippen LogP contribution < -0.4 is 5.32 Å². The minimum absolute atomic E-state index is 0.0263. The van der Waals surface area contributed by atoms with Gasteiger partial charge in [0.15, 0.2) is 0 Å². The molecule has 0 bridgehead atoms. The molecule has 1 aromatic rings. The highest BCUT2D eigenvalue weighted by Crippen LogP contribution is 2.30. The van der Waals surface area contributed by atoms with Crippen molar-refractivity contribution in [2.75, 3.05) is 6.54 Å². The zero-order chi connectivity index (χ0) is 14.5. The maximum absolute atomic E-state index is 12.1. The van der Waals surface area contributed by atoms with Crippen molar-refractivity contribution >= 4 is 17.5 Å². The quantitative estimate of drug-likeness (QED) is 0.882. The predicted molar refractivity (Wildman–Crippen MR) is 81.2 cm³/mol. The van der Waals surface area contributed by atoms with Gasteiger partial charge < -0.3 is 10.4 Å². The molecule has 0 aliphatic heterocycles. The number of phenols is 1. The lowest BCUT2D eigenvalue weighted by atomic mass is 9.81. The molecule has 110 valence electrons. The van der Waals surface area contributed by atoms with E-state index in [0.717, 1.165) is 5.92 Å². The van der Waals surface area contributed by atoms with Crippen molar-refractivity contribution in [3.05, 3.63) is 28.8 Å². The first kappa shape index (κ1) is 15.2. The first-order chi connectivity index (χ1) is 9.60. The van der Waals surface area contributed by atoms with E-state index in [1.165, 1.54) is 44.2 Å². The second-order valence-electron chi connectivity index (χ2n) is 5.67. The molecule has 0 unspecified atom stereocenters. The Labute approximate surface area is 125 Å². The molecule has 3 nitrogen and oxygen atoms in total. The highest BCUT2D eigenvalue weighted by molar-refractivity contribution is 6.31. The Kier molecular flexibility index (Phi) is 5.30. The lowest BCUT2D eigenvalue weighted by Gasteiger charge is -2.27. The van der Waals surface area contributed by atoms with Gasteiger partial charge in [-0.2, -0.15) is 0 Å². The number of hydrogen-bond donors (Lipinski definition) is 2. The highest BCUT2D eigenvalue weighted by atomic mass is 35.5. The molecule has 1 amide bonds. The number of benzene rings is 1. The van der Waals surface area contributed by atoms with Crippen molar-refractivity contribution < 1.29 is 9.90 Å². The van der Waals surface area contributed by atoms with Gasteiger partial charge in [0.2, 0.25) is 0 Å². The zero-order valence-electron chi connectivity index (χ0n) is 11.9. The first-order valence-electron chi connectivity index (χ1n) is 7.36. The van der Waals surface area contributed by atoms with Gasteiger partial charge in [0.05, 0.1) is 5.56 Å². The fourth-order valence-electron chi connectivity index (χ4n) is 2.87. The van der Waals surface area contributed by atoms with Gasteiger partial charge in [0.1, 0.15) is 5.75 Å². The Hall–Kier alpha value is -1.22. The summed E-state index contributed by atoms with van der Waals surface area (Å²) in [6.45, 7) is 2.93. The maximum atomic E-state index is 12.1. The molecule has 0 saturated heterocycles. The average molecular weight is 296 g/mol. The van der Waals surface area contributed by atoms with Gasteiger partial charge in [-0.05, 0) is 42.9 Å². The largest absolute Gasteiger partial charge is 0.507 e. The van der Waals surface area contributed by atoms with Gasteiger partial charge in [0.25, 0.3) is 5.91 Å². The number of halogens is 1. The molecule has 1 aromatic carbocycles. The zero-order valence-corrected chi connectivity index (χ0v) is 12.6. The van der Waals surface area contributed by atoms with Crippen LogP contribution in [-0.2, 0) is 0 Å². The van der Waals surface area contributed by atoms with E-state index in [1.807, 2.05) is 0 Å². The van der Waals surface area contributed by atoms with Crippen molar-refractivity contribution in [1.29, 1.82) is 0 Å². The fourth-order valence-corrected chi connectivity index (χ4v) is 3.04. The SMILES string of the molecule is CCC1CCC(CNC(=O)c2cc(Cl)ccc2O)CC1. The molecule has 4 heteroatoms. The standard InChI is InChI=1S/C16H22ClNO2/c1-2-11-3-5-12(6-4-11)10-18-16(20)14-9-13(17)7-8-15(14)19/h7-9,11-12,19H,2-6,10H2,1H3,(H,18,20). The highest BCUT2D eigenvalue weighted by Gasteiger charge is 2.21. The fraction of sp³-hybridized carbons (Fsp3) is 0.562. The Morgan fingerprint density at radius 2 is 1.95 bits per heavy atom. The normalized spacial score (nSPS) is 22.5. The van der Waals surface area contributed by atoms with Crippen molar-refractivity contribution in [1.82, 2.24) is 5.32 Å². The molecular formula is C16H22ClNO2. The third-order valence-corrected chi connectivity index (χ3v) is 4.53. The van der Waals surface area contributed by atoms with Crippen LogP contribution in [0.25, 0.3) is 0 Å². The summed E-state index contributed by atoms with van der Waals surface area (Å²) in [7, 11) is 0. The predicted octanol–water partition coefficient (Wildman–Crippen LogP) is 3.99. The summed E-state index contributed by atoms with van der Waals surface area (Å²) in [6.07, 6.45) is 6.15. The molecule has 20 heavy (non-hydrogen) atoms. The molecule has 1 aliphatic rings. The van der Waals surface area contributed by atoms with E-state index in [4.69, 9.17) is 11.6 Å². The second-order valence-corrected chi connectivity index (χ2v) is 6.10. The Bertz CT molecular complexity index is 468. The molecule has 0 radical (unpaired) electrons. The van der Waals surface area contributed by atoms with Crippen LogP contribution in [0.3, 0.4) is 0 Å². The van der Waals surface area contributed by atoms with Gasteiger partial charge in [-0.3, -0.25) is 4.79 Å². The van der Waals surface area contributed by atoms with Gasteiger partial charge >= 0.3 is 0 Å². The van der Waals surface area contributed by atoms with E-state index in [1.54, 1.807) is 6.07 Å². The monoisotopic (exact) mass is 295 g/mol. The van der Waals surface area contributed by atoms with Crippen LogP contribution in [0, 0.1) is 11.8 Å². The van der Waals surface area contributed by atoms with Crippen LogP contribution in [0.5, 0.6) is 5.75 Å². The smallest absolute Gasteiger partial charge is 0.255 e. The van der Waals surface area contributed by atoms with Crippen LogP contribution in [0.4, 0.5) is 0 Å². The Balaban J connectivity index is 1.85. The summed E-state index contributed by atoms with van der Waals surface area (Å²) in [6, 6.07) is 4.52. The summed E-state index contributed by atoms with van der Waals surface area (Å²) in [5.74, 6) is 1.14. The van der Waals surface area contributed by atoms with Gasteiger partial charge in [-0.15, -0.1) is 0 Å². The molecule has 0 aromatic heterocycles. The van der Waals surface area contributed by atoms with Crippen LogP contribution in [-0.4, -0.2) is 17.6 Å². The summed E-state index contributed by atoms with van der Waals surface area (Å²) in [4.78, 5) is 12.1. The summed E-state index contributed by atoms with van der Waals surface area (Å²) in [5.41, 5.74) is 0.250. The third kappa shape index (κ3) is 3.89. The van der Waals surface area contributed by atoms with Crippen molar-refractivity contribution in [3.63, 3.8) is 0 Å². The lowest BCUT2D eigenvalue weighted by molar-refractivity contribution is 0.0938. The Morgan fingerprint density at radius 1 is 1.30 bits per heavy atom. The van der Waals surface area contributed by atoms with Crippen molar-refractivity contribution in [2.24, 2.45) is 11.8 Å². The van der Waals surface area contributed by atoms with Crippen LogP contribution in [0.2, 0.25) is 5.02 Å².